The van der Waals surface area contributed by atoms with Crippen molar-refractivity contribution in [3.63, 3.8) is 0 Å². The summed E-state index contributed by atoms with van der Waals surface area (Å²) in [6, 6.07) is 9.77. The maximum absolute atomic E-state index is 10.8. The lowest BCUT2D eigenvalue weighted by molar-refractivity contribution is 0.130. The normalized spacial score (nSPS) is 15.9. The van der Waals surface area contributed by atoms with Crippen molar-refractivity contribution in [2.75, 3.05) is 26.3 Å². The minimum atomic E-state index is -0.778. The van der Waals surface area contributed by atoms with Crippen molar-refractivity contribution < 1.29 is 14.3 Å². The molecule has 2 N–H and O–H groups in total. The molecule has 0 aromatic heterocycles. The monoisotopic (exact) mass is 322 g/mol. The first-order chi connectivity index (χ1) is 10.7. The number of hydrogen-bond acceptors (Lipinski definition) is 4. The van der Waals surface area contributed by atoms with Crippen LogP contribution in [0.5, 0.6) is 0 Å². The van der Waals surface area contributed by atoms with Gasteiger partial charge >= 0.3 is 6.09 Å². The van der Waals surface area contributed by atoms with Gasteiger partial charge in [0.25, 0.3) is 5.17 Å². The maximum atomic E-state index is 10.8. The summed E-state index contributed by atoms with van der Waals surface area (Å²) in [5, 5.41) is 0.528. The number of nitrogens with zero attached hydrogens (tertiary/aromatic N) is 1. The summed E-state index contributed by atoms with van der Waals surface area (Å²) in [6.07, 6.45) is 2.77. The van der Waals surface area contributed by atoms with Gasteiger partial charge < -0.3 is 20.1 Å². The third kappa shape index (κ3) is 5.18. The average molecular weight is 322 g/mol. The molecule has 1 fully saturated rings. The number of amides is 1. The number of piperidine rings is 1. The largest absolute Gasteiger partial charge is 0.470 e. The molecule has 1 heterocycles. The molecule has 22 heavy (non-hydrogen) atoms. The third-order valence-corrected chi connectivity index (χ3v) is 4.10. The zero-order valence-corrected chi connectivity index (χ0v) is 13.4. The molecule has 0 radical (unpaired) electrons. The van der Waals surface area contributed by atoms with Gasteiger partial charge in [0.05, 0.1) is 5.92 Å². The van der Waals surface area contributed by atoms with Crippen LogP contribution in [-0.2, 0) is 9.47 Å². The van der Waals surface area contributed by atoms with Crippen LogP contribution in [0.15, 0.2) is 30.3 Å². The first kappa shape index (κ1) is 16.5. The summed E-state index contributed by atoms with van der Waals surface area (Å²) in [7, 11) is 0. The van der Waals surface area contributed by atoms with Crippen LogP contribution < -0.4 is 5.73 Å². The summed E-state index contributed by atoms with van der Waals surface area (Å²) in [4.78, 5) is 12.9. The van der Waals surface area contributed by atoms with E-state index in [4.69, 9.17) is 27.4 Å². The highest BCUT2D eigenvalue weighted by molar-refractivity contribution is 7.80. The van der Waals surface area contributed by atoms with Crippen LogP contribution in [0.4, 0.5) is 4.79 Å². The molecule has 5 nitrogen and oxygen atoms in total. The SMILES string of the molecule is NC(=O)OCC(COC(=S)N1CCCCC1)c1ccccc1. The zero-order valence-electron chi connectivity index (χ0n) is 12.6. The van der Waals surface area contributed by atoms with Gasteiger partial charge in [0.15, 0.2) is 0 Å². The van der Waals surface area contributed by atoms with Gasteiger partial charge in [-0.1, -0.05) is 30.3 Å². The molecule has 120 valence electrons. The molecule has 1 unspecified atom stereocenters. The number of rotatable bonds is 5. The number of likely N-dealkylation sites (tertiary alicyclic amines) is 1. The van der Waals surface area contributed by atoms with Crippen LogP contribution >= 0.6 is 12.2 Å². The Kier molecular flexibility index (Phi) is 6.45. The van der Waals surface area contributed by atoms with Crippen molar-refractivity contribution in [3.05, 3.63) is 35.9 Å². The summed E-state index contributed by atoms with van der Waals surface area (Å²) in [5.41, 5.74) is 6.09. The third-order valence-electron chi connectivity index (χ3n) is 3.72. The van der Waals surface area contributed by atoms with Gasteiger partial charge in [0.2, 0.25) is 0 Å². The summed E-state index contributed by atoms with van der Waals surface area (Å²) in [6.45, 7) is 2.45. The molecule has 0 aliphatic carbocycles. The van der Waals surface area contributed by atoms with E-state index < -0.39 is 6.09 Å². The number of carbonyl (C=O) groups is 1. The first-order valence-electron chi connectivity index (χ1n) is 7.55. The quantitative estimate of drug-likeness (QED) is 0.844. The van der Waals surface area contributed by atoms with Crippen molar-refractivity contribution in [1.82, 2.24) is 4.90 Å². The van der Waals surface area contributed by atoms with Crippen LogP contribution in [0, 0.1) is 0 Å². The number of thiocarbonyl (C=S) groups is 1. The molecule has 6 heteroatoms. The van der Waals surface area contributed by atoms with Crippen molar-refractivity contribution in [2.24, 2.45) is 5.73 Å². The zero-order chi connectivity index (χ0) is 15.8. The van der Waals surface area contributed by atoms with Crippen LogP contribution in [0.25, 0.3) is 0 Å². The van der Waals surface area contributed by atoms with E-state index in [1.807, 2.05) is 30.3 Å². The van der Waals surface area contributed by atoms with Crippen LogP contribution in [-0.4, -0.2) is 42.5 Å². The Morgan fingerprint density at radius 3 is 2.41 bits per heavy atom. The molecule has 2 rings (SSSR count). The Morgan fingerprint density at radius 1 is 1.14 bits per heavy atom. The predicted molar refractivity (Wildman–Crippen MR) is 88.7 cm³/mol. The second kappa shape index (κ2) is 8.58. The summed E-state index contributed by atoms with van der Waals surface area (Å²) < 4.78 is 10.7. The molecule has 0 saturated carbocycles. The van der Waals surface area contributed by atoms with Gasteiger partial charge in [0, 0.05) is 13.1 Å². The molecular formula is C16H22N2O3S. The fourth-order valence-electron chi connectivity index (χ4n) is 2.49. The van der Waals surface area contributed by atoms with Gasteiger partial charge in [0.1, 0.15) is 13.2 Å². The number of primary amides is 1. The van der Waals surface area contributed by atoms with Crippen molar-refractivity contribution >= 4 is 23.5 Å². The Labute approximate surface area is 136 Å². The van der Waals surface area contributed by atoms with E-state index >= 15 is 0 Å². The minimum Gasteiger partial charge on any atom is -0.470 e. The average Bonchev–Trinajstić information content (AvgIpc) is 2.56. The highest BCUT2D eigenvalue weighted by atomic mass is 32.1. The van der Waals surface area contributed by atoms with E-state index in [1.165, 1.54) is 6.42 Å². The predicted octanol–water partition coefficient (Wildman–Crippen LogP) is 2.65. The van der Waals surface area contributed by atoms with Gasteiger partial charge in [-0.15, -0.1) is 0 Å². The number of benzene rings is 1. The van der Waals surface area contributed by atoms with E-state index in [2.05, 4.69) is 4.90 Å². The molecule has 1 amide bonds. The van der Waals surface area contributed by atoms with Crippen LogP contribution in [0.1, 0.15) is 30.7 Å². The van der Waals surface area contributed by atoms with Crippen molar-refractivity contribution in [3.8, 4) is 0 Å². The van der Waals surface area contributed by atoms with E-state index in [-0.39, 0.29) is 12.5 Å². The molecule has 1 saturated heterocycles. The van der Waals surface area contributed by atoms with Gasteiger partial charge in [-0.25, -0.2) is 4.79 Å². The molecule has 1 aromatic rings. The lowest BCUT2D eigenvalue weighted by Crippen LogP contribution is -2.36. The molecular weight excluding hydrogens is 300 g/mol. The standard InChI is InChI=1S/C16H22N2O3S/c17-15(19)20-11-14(13-7-3-1-4-8-13)12-21-16(22)18-9-5-2-6-10-18/h1,3-4,7-8,14H,2,5-6,9-12H2,(H2,17,19). The Hall–Kier alpha value is -1.82. The van der Waals surface area contributed by atoms with E-state index in [0.717, 1.165) is 31.5 Å². The topological polar surface area (TPSA) is 64.8 Å². The molecule has 1 aliphatic rings. The Bertz CT molecular complexity index is 489. The highest BCUT2D eigenvalue weighted by Crippen LogP contribution is 2.18. The summed E-state index contributed by atoms with van der Waals surface area (Å²) >= 11 is 5.35. The maximum Gasteiger partial charge on any atom is 0.404 e. The van der Waals surface area contributed by atoms with Crippen LogP contribution in [0.2, 0.25) is 0 Å². The van der Waals surface area contributed by atoms with Gasteiger partial charge in [-0.2, -0.15) is 0 Å². The van der Waals surface area contributed by atoms with Crippen molar-refractivity contribution in [1.29, 1.82) is 0 Å². The Balaban J connectivity index is 1.91. The van der Waals surface area contributed by atoms with Gasteiger partial charge in [-0.05, 0) is 37.0 Å². The first-order valence-corrected chi connectivity index (χ1v) is 7.96. The van der Waals surface area contributed by atoms with E-state index in [9.17, 15) is 4.79 Å². The lowest BCUT2D eigenvalue weighted by atomic mass is 10.0. The number of hydrogen-bond donors (Lipinski definition) is 1. The fraction of sp³-hybridized carbons (Fsp3) is 0.500. The van der Waals surface area contributed by atoms with E-state index in [1.54, 1.807) is 0 Å². The molecule has 0 spiro atoms. The van der Waals surface area contributed by atoms with Gasteiger partial charge in [-0.3, -0.25) is 0 Å². The molecule has 1 aliphatic heterocycles. The smallest absolute Gasteiger partial charge is 0.404 e. The molecule has 1 aromatic carbocycles. The molecule has 0 bridgehead atoms. The second-order valence-electron chi connectivity index (χ2n) is 5.36. The minimum absolute atomic E-state index is 0.0866. The Morgan fingerprint density at radius 2 is 1.77 bits per heavy atom. The second-order valence-corrected chi connectivity index (χ2v) is 5.71. The fourth-order valence-corrected chi connectivity index (χ4v) is 2.74. The van der Waals surface area contributed by atoms with Crippen LogP contribution in [0.3, 0.4) is 0 Å². The van der Waals surface area contributed by atoms with Crippen molar-refractivity contribution in [2.45, 2.75) is 25.2 Å². The molecule has 1 atom stereocenters. The van der Waals surface area contributed by atoms with E-state index in [0.29, 0.717) is 11.8 Å². The lowest BCUT2D eigenvalue weighted by Gasteiger charge is -2.29. The highest BCUT2D eigenvalue weighted by Gasteiger charge is 2.18. The number of carbonyl (C=O) groups excluding carboxylic acids is 1. The number of ether oxygens (including phenoxy) is 2. The number of nitrogens with two attached hydrogens (primary N) is 1. The summed E-state index contributed by atoms with van der Waals surface area (Å²) in [5.74, 6) is -0.0866.